The molecular formula is C21H29FN2O2. The van der Waals surface area contributed by atoms with Crippen LogP contribution < -0.4 is 10.6 Å². The van der Waals surface area contributed by atoms with Crippen molar-refractivity contribution in [2.24, 2.45) is 5.41 Å². The van der Waals surface area contributed by atoms with Crippen LogP contribution >= 0.6 is 0 Å². The summed E-state index contributed by atoms with van der Waals surface area (Å²) < 4.78 is 12.9. The number of carbonyl (C=O) groups is 2. The second kappa shape index (κ2) is 9.51. The van der Waals surface area contributed by atoms with E-state index in [0.717, 1.165) is 24.8 Å². The van der Waals surface area contributed by atoms with Crippen LogP contribution in [0.3, 0.4) is 0 Å². The molecular weight excluding hydrogens is 331 g/mol. The first-order chi connectivity index (χ1) is 12.4. The second-order valence-corrected chi connectivity index (χ2v) is 7.37. The maximum atomic E-state index is 12.9. The molecule has 0 atom stereocenters. The molecule has 1 aromatic carbocycles. The van der Waals surface area contributed by atoms with Crippen LogP contribution in [-0.4, -0.2) is 24.9 Å². The van der Waals surface area contributed by atoms with E-state index >= 15 is 0 Å². The number of benzene rings is 1. The van der Waals surface area contributed by atoms with Gasteiger partial charge in [-0.15, -0.1) is 0 Å². The molecule has 2 amide bonds. The van der Waals surface area contributed by atoms with Crippen molar-refractivity contribution in [2.75, 3.05) is 13.1 Å². The highest BCUT2D eigenvalue weighted by Crippen LogP contribution is 2.20. The summed E-state index contributed by atoms with van der Waals surface area (Å²) in [4.78, 5) is 24.8. The van der Waals surface area contributed by atoms with E-state index in [1.807, 2.05) is 0 Å². The fourth-order valence-corrected chi connectivity index (χ4v) is 2.98. The van der Waals surface area contributed by atoms with E-state index in [9.17, 15) is 14.0 Å². The third kappa shape index (κ3) is 5.97. The largest absolute Gasteiger partial charge is 0.355 e. The highest BCUT2D eigenvalue weighted by atomic mass is 19.1. The molecule has 0 spiro atoms. The van der Waals surface area contributed by atoms with Crippen LogP contribution in [0.1, 0.15) is 51.5 Å². The Morgan fingerprint density at radius 2 is 1.62 bits per heavy atom. The normalized spacial score (nSPS) is 14.5. The molecule has 0 heterocycles. The summed E-state index contributed by atoms with van der Waals surface area (Å²) in [6.45, 7) is 4.25. The average Bonchev–Trinajstić information content (AvgIpc) is 2.64. The molecule has 0 unspecified atom stereocenters. The molecule has 0 fully saturated rings. The van der Waals surface area contributed by atoms with E-state index in [4.69, 9.17) is 0 Å². The molecule has 142 valence electrons. The van der Waals surface area contributed by atoms with Gasteiger partial charge in [0.05, 0.1) is 0 Å². The Morgan fingerprint density at radius 3 is 2.19 bits per heavy atom. The lowest BCUT2D eigenvalue weighted by Crippen LogP contribution is -2.48. The highest BCUT2D eigenvalue weighted by Gasteiger charge is 2.35. The smallest absolute Gasteiger partial charge is 0.235 e. The van der Waals surface area contributed by atoms with E-state index in [1.165, 1.54) is 30.5 Å². The summed E-state index contributed by atoms with van der Waals surface area (Å²) in [5.74, 6) is -0.832. The first-order valence-corrected chi connectivity index (χ1v) is 9.38. The van der Waals surface area contributed by atoms with Gasteiger partial charge in [0.15, 0.2) is 0 Å². The number of rotatable bonds is 8. The monoisotopic (exact) mass is 360 g/mol. The Bertz CT molecular complexity index is 650. The number of hydrogen-bond acceptors (Lipinski definition) is 2. The van der Waals surface area contributed by atoms with E-state index in [1.54, 1.807) is 26.0 Å². The molecule has 2 N–H and O–H groups in total. The van der Waals surface area contributed by atoms with Gasteiger partial charge in [-0.2, -0.15) is 0 Å². The molecule has 0 aromatic heterocycles. The molecule has 1 aromatic rings. The zero-order chi connectivity index (χ0) is 19.0. The topological polar surface area (TPSA) is 58.2 Å². The first kappa shape index (κ1) is 20.1. The summed E-state index contributed by atoms with van der Waals surface area (Å²) in [6.07, 6.45) is 8.44. The van der Waals surface area contributed by atoms with Crippen molar-refractivity contribution in [3.05, 3.63) is 47.3 Å². The maximum Gasteiger partial charge on any atom is 0.235 e. The quantitative estimate of drug-likeness (QED) is 0.550. The zero-order valence-electron chi connectivity index (χ0n) is 15.7. The van der Waals surface area contributed by atoms with E-state index in [-0.39, 0.29) is 17.6 Å². The Hall–Kier alpha value is -2.17. The van der Waals surface area contributed by atoms with E-state index in [0.29, 0.717) is 19.5 Å². The van der Waals surface area contributed by atoms with Crippen molar-refractivity contribution in [2.45, 2.75) is 52.4 Å². The molecule has 0 radical (unpaired) electrons. The summed E-state index contributed by atoms with van der Waals surface area (Å²) >= 11 is 0. The molecule has 0 bridgehead atoms. The van der Waals surface area contributed by atoms with Gasteiger partial charge in [0.1, 0.15) is 11.2 Å². The van der Waals surface area contributed by atoms with E-state index in [2.05, 4.69) is 16.7 Å². The molecule has 0 saturated carbocycles. The molecule has 1 aliphatic carbocycles. The standard InChI is InChI=1S/C21H29FN2O2/c1-21(2,19(25)23-14-12-16-6-4-3-5-7-16)20(26)24-15-13-17-8-10-18(22)11-9-17/h6,8-11H,3-5,7,12-15H2,1-2H3,(H,23,25)(H,24,26). The maximum absolute atomic E-state index is 12.9. The average molecular weight is 360 g/mol. The summed E-state index contributed by atoms with van der Waals surface area (Å²) in [5, 5.41) is 5.69. The van der Waals surface area contributed by atoms with Crippen LogP contribution in [0.15, 0.2) is 35.9 Å². The van der Waals surface area contributed by atoms with E-state index < -0.39 is 5.41 Å². The number of nitrogens with one attached hydrogen (secondary N) is 2. The predicted molar refractivity (Wildman–Crippen MR) is 101 cm³/mol. The van der Waals surface area contributed by atoms with Gasteiger partial charge in [0.25, 0.3) is 0 Å². The molecule has 0 saturated heterocycles. The molecule has 2 rings (SSSR count). The van der Waals surface area contributed by atoms with Crippen molar-refractivity contribution < 1.29 is 14.0 Å². The third-order valence-corrected chi connectivity index (χ3v) is 4.86. The van der Waals surface area contributed by atoms with Gasteiger partial charge < -0.3 is 10.6 Å². The lowest BCUT2D eigenvalue weighted by atomic mass is 9.90. The lowest BCUT2D eigenvalue weighted by Gasteiger charge is -2.23. The van der Waals surface area contributed by atoms with Gasteiger partial charge in [-0.1, -0.05) is 23.8 Å². The van der Waals surface area contributed by atoms with Gasteiger partial charge in [0, 0.05) is 13.1 Å². The van der Waals surface area contributed by atoms with Gasteiger partial charge in [-0.3, -0.25) is 9.59 Å². The second-order valence-electron chi connectivity index (χ2n) is 7.37. The zero-order valence-corrected chi connectivity index (χ0v) is 15.7. The molecule has 1 aliphatic rings. The fourth-order valence-electron chi connectivity index (χ4n) is 2.98. The summed E-state index contributed by atoms with van der Waals surface area (Å²) in [7, 11) is 0. The van der Waals surface area contributed by atoms with Crippen LogP contribution in [-0.2, 0) is 16.0 Å². The molecule has 0 aliphatic heterocycles. The number of amides is 2. The van der Waals surface area contributed by atoms with Gasteiger partial charge in [-0.25, -0.2) is 4.39 Å². The minimum absolute atomic E-state index is 0.256. The van der Waals surface area contributed by atoms with Gasteiger partial charge >= 0.3 is 0 Å². The Balaban J connectivity index is 1.73. The van der Waals surface area contributed by atoms with Crippen LogP contribution in [0.4, 0.5) is 4.39 Å². The fraction of sp³-hybridized carbons (Fsp3) is 0.524. The Labute approximate surface area is 155 Å². The minimum Gasteiger partial charge on any atom is -0.355 e. The van der Waals surface area contributed by atoms with Crippen molar-refractivity contribution in [1.29, 1.82) is 0 Å². The lowest BCUT2D eigenvalue weighted by molar-refractivity contribution is -0.141. The van der Waals surface area contributed by atoms with Crippen molar-refractivity contribution in [3.8, 4) is 0 Å². The molecule has 4 nitrogen and oxygen atoms in total. The number of halogens is 1. The van der Waals surface area contributed by atoms with Crippen LogP contribution in [0.5, 0.6) is 0 Å². The predicted octanol–water partition coefficient (Wildman–Crippen LogP) is 3.52. The summed E-state index contributed by atoms with van der Waals surface area (Å²) in [5.41, 5.74) is 1.22. The molecule has 26 heavy (non-hydrogen) atoms. The number of carbonyl (C=O) groups excluding carboxylic acids is 2. The molecule has 5 heteroatoms. The highest BCUT2D eigenvalue weighted by molar-refractivity contribution is 6.04. The Morgan fingerprint density at radius 1 is 1.00 bits per heavy atom. The van der Waals surface area contributed by atoms with Crippen molar-refractivity contribution >= 4 is 11.8 Å². The first-order valence-electron chi connectivity index (χ1n) is 9.38. The number of allylic oxidation sites excluding steroid dienone is 1. The van der Waals surface area contributed by atoms with Crippen molar-refractivity contribution in [1.82, 2.24) is 10.6 Å². The third-order valence-electron chi connectivity index (χ3n) is 4.86. The van der Waals surface area contributed by atoms with Crippen LogP contribution in [0.25, 0.3) is 0 Å². The van der Waals surface area contributed by atoms with Gasteiger partial charge in [0.2, 0.25) is 11.8 Å². The Kier molecular flexibility index (Phi) is 7.37. The van der Waals surface area contributed by atoms with Gasteiger partial charge in [-0.05, 0) is 70.1 Å². The SMILES string of the molecule is CC(C)(C(=O)NCCC1=CCCCC1)C(=O)NCCc1ccc(F)cc1. The minimum atomic E-state index is -1.12. The van der Waals surface area contributed by atoms with Crippen LogP contribution in [0.2, 0.25) is 0 Å². The summed E-state index contributed by atoms with van der Waals surface area (Å²) in [6, 6.07) is 6.19. The number of hydrogen-bond donors (Lipinski definition) is 2. The van der Waals surface area contributed by atoms with Crippen molar-refractivity contribution in [3.63, 3.8) is 0 Å². The van der Waals surface area contributed by atoms with Crippen LogP contribution in [0, 0.1) is 11.2 Å².